The molecule has 0 spiro atoms. The largest absolute Gasteiger partial charge is 0.308 e. The van der Waals surface area contributed by atoms with Crippen LogP contribution in [-0.2, 0) is 12.8 Å². The Kier molecular flexibility index (Phi) is 3.52. The third-order valence-corrected chi connectivity index (χ3v) is 2.75. The molecule has 0 aliphatic heterocycles. The number of aryl methyl sites for hydroxylation is 2. The van der Waals surface area contributed by atoms with Gasteiger partial charge in [0.05, 0.1) is 0 Å². The minimum Gasteiger partial charge on any atom is -0.308 e. The molecule has 0 bridgehead atoms. The number of rotatable bonds is 4. The van der Waals surface area contributed by atoms with E-state index in [1.165, 1.54) is 6.33 Å². The molecule has 0 fully saturated rings. The maximum atomic E-state index is 5.41. The van der Waals surface area contributed by atoms with E-state index in [1.807, 2.05) is 20.8 Å². The predicted molar refractivity (Wildman–Crippen MR) is 68.3 cm³/mol. The van der Waals surface area contributed by atoms with Crippen LogP contribution in [0.4, 0.5) is 5.82 Å². The topological polar surface area (TPSA) is 94.5 Å². The number of nitrogens with one attached hydrogen (secondary N) is 1. The van der Waals surface area contributed by atoms with Gasteiger partial charge in [-0.15, -0.1) is 5.10 Å². The van der Waals surface area contributed by atoms with Crippen LogP contribution in [0.3, 0.4) is 0 Å². The lowest BCUT2D eigenvalue weighted by molar-refractivity contribution is 0.759. The average molecular weight is 247 g/mol. The summed E-state index contributed by atoms with van der Waals surface area (Å²) >= 11 is 0. The molecular weight excluding hydrogens is 230 g/mol. The van der Waals surface area contributed by atoms with E-state index >= 15 is 0 Å². The van der Waals surface area contributed by atoms with Crippen LogP contribution in [0.15, 0.2) is 6.33 Å². The molecule has 3 N–H and O–H groups in total. The van der Waals surface area contributed by atoms with E-state index in [-0.39, 0.29) is 0 Å². The first-order chi connectivity index (χ1) is 8.71. The number of hydrogen-bond acceptors (Lipinski definition) is 6. The highest BCUT2D eigenvalue weighted by Gasteiger charge is 2.14. The highest BCUT2D eigenvalue weighted by atomic mass is 15.4. The molecule has 7 heteroatoms. The molecule has 0 aliphatic rings. The highest BCUT2D eigenvalue weighted by Crippen LogP contribution is 2.17. The Labute approximate surface area is 105 Å². The van der Waals surface area contributed by atoms with Crippen LogP contribution in [0.1, 0.15) is 31.1 Å². The third-order valence-electron chi connectivity index (χ3n) is 2.75. The molecule has 0 aromatic carbocycles. The van der Waals surface area contributed by atoms with E-state index in [0.717, 1.165) is 30.1 Å². The Bertz CT molecular complexity index is 546. The quantitative estimate of drug-likeness (QED) is 0.612. The smallest absolute Gasteiger partial charge is 0.163 e. The summed E-state index contributed by atoms with van der Waals surface area (Å²) in [6, 6.07) is 0. The highest BCUT2D eigenvalue weighted by molar-refractivity contribution is 5.49. The normalized spacial score (nSPS) is 10.7. The van der Waals surface area contributed by atoms with Crippen molar-refractivity contribution in [3.63, 3.8) is 0 Å². The average Bonchev–Trinajstić information content (AvgIpc) is 2.82. The van der Waals surface area contributed by atoms with Crippen LogP contribution in [-0.4, -0.2) is 24.7 Å². The van der Waals surface area contributed by atoms with Crippen molar-refractivity contribution >= 4 is 5.82 Å². The summed E-state index contributed by atoms with van der Waals surface area (Å²) in [7, 11) is 0. The monoisotopic (exact) mass is 247 g/mol. The van der Waals surface area contributed by atoms with Gasteiger partial charge in [-0.2, -0.15) is 4.68 Å². The Morgan fingerprint density at radius 3 is 2.67 bits per heavy atom. The van der Waals surface area contributed by atoms with Crippen LogP contribution in [0.25, 0.3) is 5.82 Å². The van der Waals surface area contributed by atoms with E-state index in [9.17, 15) is 0 Å². The van der Waals surface area contributed by atoms with E-state index in [2.05, 4.69) is 25.5 Å². The maximum absolute atomic E-state index is 5.41. The summed E-state index contributed by atoms with van der Waals surface area (Å²) in [6.07, 6.45) is 3.05. The van der Waals surface area contributed by atoms with Gasteiger partial charge < -0.3 is 5.43 Å². The molecule has 0 aliphatic carbocycles. The Morgan fingerprint density at radius 2 is 2.06 bits per heavy atom. The molecule has 0 atom stereocenters. The molecular formula is C11H17N7. The van der Waals surface area contributed by atoms with Gasteiger partial charge in [0.15, 0.2) is 11.6 Å². The van der Waals surface area contributed by atoms with Gasteiger partial charge >= 0.3 is 0 Å². The Hall–Kier alpha value is -2.02. The summed E-state index contributed by atoms with van der Waals surface area (Å²) < 4.78 is 1.76. The second-order valence-electron chi connectivity index (χ2n) is 3.88. The van der Waals surface area contributed by atoms with Gasteiger partial charge in [-0.05, 0) is 6.92 Å². The van der Waals surface area contributed by atoms with E-state index in [0.29, 0.717) is 11.6 Å². The zero-order chi connectivity index (χ0) is 13.1. The third kappa shape index (κ3) is 2.04. The molecule has 7 nitrogen and oxygen atoms in total. The van der Waals surface area contributed by atoms with Gasteiger partial charge in [0.25, 0.3) is 0 Å². The van der Waals surface area contributed by atoms with Gasteiger partial charge in [0.2, 0.25) is 0 Å². The SMILES string of the molecule is CCc1nc(CC)n(-c2ncnc(NN)c2C)n1. The lowest BCUT2D eigenvalue weighted by Gasteiger charge is -2.09. The molecule has 0 saturated carbocycles. The zero-order valence-electron chi connectivity index (χ0n) is 10.8. The fourth-order valence-corrected chi connectivity index (χ4v) is 1.74. The molecule has 2 rings (SSSR count). The molecule has 2 aromatic rings. The minimum atomic E-state index is 0.593. The van der Waals surface area contributed by atoms with Crippen LogP contribution in [0.5, 0.6) is 0 Å². The molecule has 0 radical (unpaired) electrons. The summed E-state index contributed by atoms with van der Waals surface area (Å²) in [6.45, 7) is 5.97. The number of aromatic nitrogens is 5. The summed E-state index contributed by atoms with van der Waals surface area (Å²) in [4.78, 5) is 12.8. The van der Waals surface area contributed by atoms with Crippen LogP contribution < -0.4 is 11.3 Å². The Morgan fingerprint density at radius 1 is 1.28 bits per heavy atom. The van der Waals surface area contributed by atoms with Crippen molar-refractivity contribution < 1.29 is 0 Å². The van der Waals surface area contributed by atoms with E-state index in [4.69, 9.17) is 5.84 Å². The predicted octanol–water partition coefficient (Wildman–Crippen LogP) is 0.776. The maximum Gasteiger partial charge on any atom is 0.163 e. The Balaban J connectivity index is 2.57. The summed E-state index contributed by atoms with van der Waals surface area (Å²) in [5.74, 6) is 8.42. The van der Waals surface area contributed by atoms with Crippen LogP contribution in [0.2, 0.25) is 0 Å². The van der Waals surface area contributed by atoms with Gasteiger partial charge in [0.1, 0.15) is 18.0 Å². The number of hydrazine groups is 1. The number of nitrogens with two attached hydrogens (primary N) is 1. The van der Waals surface area contributed by atoms with Crippen molar-refractivity contribution in [3.05, 3.63) is 23.5 Å². The minimum absolute atomic E-state index is 0.593. The second kappa shape index (κ2) is 5.09. The number of anilines is 1. The van der Waals surface area contributed by atoms with Crippen molar-refractivity contribution in [1.82, 2.24) is 24.7 Å². The molecule has 96 valence electrons. The second-order valence-corrected chi connectivity index (χ2v) is 3.88. The first-order valence-corrected chi connectivity index (χ1v) is 5.94. The summed E-state index contributed by atoms with van der Waals surface area (Å²) in [5, 5.41) is 4.45. The van der Waals surface area contributed by atoms with Gasteiger partial charge in [-0.1, -0.05) is 13.8 Å². The number of nitrogen functional groups attached to an aromatic ring is 1. The van der Waals surface area contributed by atoms with Crippen molar-refractivity contribution in [2.75, 3.05) is 5.43 Å². The van der Waals surface area contributed by atoms with Gasteiger partial charge in [-0.25, -0.2) is 20.8 Å². The van der Waals surface area contributed by atoms with Crippen molar-refractivity contribution in [1.29, 1.82) is 0 Å². The summed E-state index contributed by atoms with van der Waals surface area (Å²) in [5.41, 5.74) is 3.40. The van der Waals surface area contributed by atoms with E-state index < -0.39 is 0 Å². The van der Waals surface area contributed by atoms with Gasteiger partial charge in [-0.3, -0.25) is 0 Å². The zero-order valence-corrected chi connectivity index (χ0v) is 10.8. The first-order valence-electron chi connectivity index (χ1n) is 5.94. The van der Waals surface area contributed by atoms with Crippen LogP contribution >= 0.6 is 0 Å². The number of hydrogen-bond donors (Lipinski definition) is 2. The van der Waals surface area contributed by atoms with Crippen molar-refractivity contribution in [2.45, 2.75) is 33.6 Å². The van der Waals surface area contributed by atoms with Gasteiger partial charge in [0, 0.05) is 18.4 Å². The number of nitrogens with zero attached hydrogens (tertiary/aromatic N) is 5. The molecule has 2 aromatic heterocycles. The molecule has 18 heavy (non-hydrogen) atoms. The molecule has 2 heterocycles. The molecule has 0 amide bonds. The van der Waals surface area contributed by atoms with Crippen molar-refractivity contribution in [3.8, 4) is 5.82 Å². The fourth-order valence-electron chi connectivity index (χ4n) is 1.74. The first kappa shape index (κ1) is 12.4. The van der Waals surface area contributed by atoms with E-state index in [1.54, 1.807) is 4.68 Å². The molecule has 0 saturated heterocycles. The standard InChI is InChI=1S/C11H17N7/c1-4-8-15-9(5-2)18(17-8)11-7(3)10(16-12)13-6-14-11/h6H,4-5,12H2,1-3H3,(H,13,14,16). The van der Waals surface area contributed by atoms with Crippen molar-refractivity contribution in [2.24, 2.45) is 5.84 Å². The lowest BCUT2D eigenvalue weighted by Crippen LogP contribution is -2.14. The molecule has 0 unspecified atom stereocenters. The lowest BCUT2D eigenvalue weighted by atomic mass is 10.3. The fraction of sp³-hybridized carbons (Fsp3) is 0.455. The van der Waals surface area contributed by atoms with Crippen LogP contribution in [0, 0.1) is 6.92 Å².